The minimum atomic E-state index is -2.96. The van der Waals surface area contributed by atoms with E-state index >= 15 is 0 Å². The third-order valence-corrected chi connectivity index (χ3v) is 29.8. The summed E-state index contributed by atoms with van der Waals surface area (Å²) in [4.78, 5) is 25.5. The van der Waals surface area contributed by atoms with Crippen molar-refractivity contribution in [2.45, 2.75) is 170 Å². The lowest BCUT2D eigenvalue weighted by molar-refractivity contribution is -0.907. The molecule has 9 unspecified atom stereocenters. The molecule has 0 aromatic heterocycles. The molecule has 0 radical (unpaired) electrons. The quantitative estimate of drug-likeness (QED) is 0.0524. The Morgan fingerprint density at radius 3 is 1.12 bits per heavy atom. The van der Waals surface area contributed by atoms with Crippen LogP contribution < -0.4 is 0 Å². The highest BCUT2D eigenvalue weighted by molar-refractivity contribution is 7.59. The molecule has 0 saturated carbocycles. The average molecular weight is 1470 g/mol. The van der Waals surface area contributed by atoms with Gasteiger partial charge in [-0.25, -0.2) is 28.0 Å². The second-order valence-electron chi connectivity index (χ2n) is 33.5. The zero-order chi connectivity index (χ0) is 74.9. The molecule has 101 heavy (non-hydrogen) atoms. The van der Waals surface area contributed by atoms with Crippen molar-refractivity contribution in [2.75, 3.05) is 219 Å². The van der Waals surface area contributed by atoms with Crippen LogP contribution in [0.2, 0.25) is 0 Å². The van der Waals surface area contributed by atoms with E-state index in [1.165, 1.54) is 11.1 Å². The minimum absolute atomic E-state index is 0.0176. The predicted molar refractivity (Wildman–Crippen MR) is 415 cm³/mol. The third-order valence-electron chi connectivity index (χ3n) is 20.6. The van der Waals surface area contributed by atoms with Crippen LogP contribution in [0.5, 0.6) is 0 Å². The predicted octanol–water partition coefficient (Wildman–Crippen LogP) is 11.1. The highest BCUT2D eigenvalue weighted by Gasteiger charge is 2.43. The van der Waals surface area contributed by atoms with Gasteiger partial charge < -0.3 is 37.8 Å². The normalized spacial score (nSPS) is 25.7. The summed E-state index contributed by atoms with van der Waals surface area (Å²) in [5, 5.41) is 0. The topological polar surface area (TPSA) is 159 Å². The lowest BCUT2D eigenvalue weighted by Crippen LogP contribution is -2.57. The molecular weight excluding hydrogens is 1330 g/mol. The van der Waals surface area contributed by atoms with E-state index < -0.39 is 22.3 Å². The molecule has 0 spiro atoms. The number of quaternary nitrogens is 1. The third kappa shape index (κ3) is 26.4. The molecule has 0 bridgehead atoms. The van der Waals surface area contributed by atoms with Crippen LogP contribution in [0.25, 0.3) is 0 Å². The highest BCUT2D eigenvalue weighted by atomic mass is 31.2. The van der Waals surface area contributed by atoms with Gasteiger partial charge in [0.05, 0.1) is 102 Å². The monoisotopic (exact) mass is 1470 g/mol. The van der Waals surface area contributed by atoms with Crippen LogP contribution in [0.4, 0.5) is 0 Å². The average Bonchev–Trinajstić information content (AvgIpc) is 0.801. The van der Waals surface area contributed by atoms with Gasteiger partial charge in [0.2, 0.25) is 28.2 Å². The van der Waals surface area contributed by atoms with Crippen molar-refractivity contribution in [3.8, 4) is 0 Å². The summed E-state index contributed by atoms with van der Waals surface area (Å²) in [7, 11) is 5.21. The molecule has 2 aromatic carbocycles. The molecule has 6 heterocycles. The fourth-order valence-corrected chi connectivity index (χ4v) is 20.0. The summed E-state index contributed by atoms with van der Waals surface area (Å²) in [6.07, 6.45) is 5.68. The Kier molecular flexibility index (Phi) is 33.7. The van der Waals surface area contributed by atoms with E-state index in [1.807, 2.05) is 122 Å². The van der Waals surface area contributed by atoms with Crippen molar-refractivity contribution in [3.63, 3.8) is 0 Å². The Hall–Kier alpha value is -2.60. The molecule has 6 fully saturated rings. The van der Waals surface area contributed by atoms with Gasteiger partial charge in [-0.3, -0.25) is 38.1 Å². The minimum Gasteiger partial charge on any atom is -0.370 e. The zero-order valence-electron chi connectivity index (χ0n) is 67.1. The van der Waals surface area contributed by atoms with E-state index in [2.05, 4.69) is 159 Å². The SMILES string of the molecule is CC(C)=CCN1CCN(P(=O)(COCC2CN(C(C)(C)C)CC(C)O2)N(C)C)CC1.CC(C)=CC[N+]1(C)CCN(P(=O)(COCC2CN(C(C)(C)C)CC(C)O2)N(C)C)CC1.CC1CN(C(C)(C)C)CC(COCP(=O)(N(C)C)N2CCN(C(=O)C(c3ccccc3)c3ccccc3)CC2)O1. The fourth-order valence-electron chi connectivity index (χ4n) is 13.9. The van der Waals surface area contributed by atoms with Gasteiger partial charge in [-0.2, -0.15) is 0 Å². The standard InChI is InChI=1S/C31H47N4O4P.C23H48N4O3P.C22H45N4O3P/c1-25-21-34(31(2,3)4)22-28(39-25)23-38-24-40(37,32(5)6)35-19-17-33(18-20-35)30(36)29(26-13-9-7-10-14-26)27-15-11-8-12-16-27;1-20(2)10-13-27(9)14-11-26(12-15-27)31(28,24(7)8)19-29-18-22-17-25(23(4,5)6)16-21(3)30-22;1-19(2)9-10-24-11-13-26(14-12-24)30(27,23(7)8)18-28-17-21-16-25(22(4,5)6)15-20(3)29-21/h7-16,25,28-29H,17-24H2,1-6H3;10,21-22H,11-19H2,1-9H3;9,20-21H,10-18H2,1-8H3/q;+1;. The van der Waals surface area contributed by atoms with Crippen molar-refractivity contribution in [1.29, 1.82) is 0 Å². The van der Waals surface area contributed by atoms with Gasteiger partial charge in [-0.1, -0.05) is 77.9 Å². The molecule has 9 atom stereocenters. The number of likely N-dealkylation sites (N-methyl/N-ethyl adjacent to an activating group) is 1. The largest absolute Gasteiger partial charge is 0.370 e. The molecule has 0 aliphatic carbocycles. The summed E-state index contributed by atoms with van der Waals surface area (Å²) < 4.78 is 91.4. The molecule has 22 nitrogen and oxygen atoms in total. The molecule has 25 heteroatoms. The van der Waals surface area contributed by atoms with E-state index in [4.69, 9.17) is 28.4 Å². The second-order valence-corrected chi connectivity index (χ2v) is 42.4. The van der Waals surface area contributed by atoms with Gasteiger partial charge in [-0.15, -0.1) is 0 Å². The van der Waals surface area contributed by atoms with Gasteiger partial charge >= 0.3 is 0 Å². The fraction of sp³-hybridized carbons (Fsp3) is 0.776. The number of benzene rings is 2. The number of hydrogen-bond donors (Lipinski definition) is 0. The number of morpholine rings is 3. The first-order valence-corrected chi connectivity index (χ1v) is 42.8. The lowest BCUT2D eigenvalue weighted by Gasteiger charge is -2.45. The van der Waals surface area contributed by atoms with E-state index in [1.54, 1.807) is 4.67 Å². The Labute approximate surface area is 613 Å². The molecule has 578 valence electrons. The van der Waals surface area contributed by atoms with Crippen LogP contribution in [-0.4, -0.2) is 335 Å². The van der Waals surface area contributed by atoms with Crippen molar-refractivity contribution in [2.24, 2.45) is 0 Å². The van der Waals surface area contributed by atoms with Gasteiger partial charge in [-0.05, 0) is 170 Å². The van der Waals surface area contributed by atoms with Crippen LogP contribution in [-0.2, 0) is 46.9 Å². The number of amides is 1. The van der Waals surface area contributed by atoms with Crippen LogP contribution >= 0.6 is 22.3 Å². The highest BCUT2D eigenvalue weighted by Crippen LogP contribution is 2.54. The first-order valence-electron chi connectivity index (χ1n) is 37.4. The smallest absolute Gasteiger partial charge is 0.241 e. The Morgan fingerprint density at radius 2 is 0.812 bits per heavy atom. The lowest BCUT2D eigenvalue weighted by atomic mass is 9.90. The van der Waals surface area contributed by atoms with E-state index in [0.717, 1.165) is 120 Å². The maximum absolute atomic E-state index is 14.2. The van der Waals surface area contributed by atoms with Crippen LogP contribution in [0, 0.1) is 0 Å². The van der Waals surface area contributed by atoms with Crippen molar-refractivity contribution in [1.82, 2.24) is 52.5 Å². The number of rotatable bonds is 25. The van der Waals surface area contributed by atoms with Gasteiger partial charge in [0.15, 0.2) is 0 Å². The summed E-state index contributed by atoms with van der Waals surface area (Å²) in [6, 6.07) is 19.9. The van der Waals surface area contributed by atoms with E-state index in [-0.39, 0.29) is 84.1 Å². The second kappa shape index (κ2) is 39.0. The Morgan fingerprint density at radius 1 is 0.495 bits per heavy atom. The van der Waals surface area contributed by atoms with Crippen LogP contribution in [0.1, 0.15) is 128 Å². The van der Waals surface area contributed by atoms with Crippen molar-refractivity contribution >= 4 is 28.2 Å². The summed E-state index contributed by atoms with van der Waals surface area (Å²) in [5.41, 5.74) is 4.95. The molecule has 1 amide bonds. The van der Waals surface area contributed by atoms with Gasteiger partial charge in [0.1, 0.15) is 19.0 Å². The first-order chi connectivity index (χ1) is 47.1. The van der Waals surface area contributed by atoms with Gasteiger partial charge in [0.25, 0.3) is 0 Å². The maximum Gasteiger partial charge on any atom is 0.241 e. The Bertz CT molecular complexity index is 2970. The van der Waals surface area contributed by atoms with Crippen molar-refractivity contribution in [3.05, 3.63) is 95.1 Å². The number of hydrogen-bond acceptors (Lipinski definition) is 14. The molecule has 2 aromatic rings. The number of ether oxygens (including phenoxy) is 6. The number of carbonyl (C=O) groups excluding carboxylic acids is 1. The molecule has 0 N–H and O–H groups in total. The zero-order valence-corrected chi connectivity index (χ0v) is 69.8. The van der Waals surface area contributed by atoms with Crippen LogP contribution in [0.15, 0.2) is 84.0 Å². The maximum atomic E-state index is 14.2. The first kappa shape index (κ1) is 87.3. The van der Waals surface area contributed by atoms with E-state index in [9.17, 15) is 18.5 Å². The summed E-state index contributed by atoms with van der Waals surface area (Å²) >= 11 is 0. The van der Waals surface area contributed by atoms with E-state index in [0.29, 0.717) is 46.0 Å². The molecular formula is C76H140N12O10P3+. The molecule has 6 aliphatic rings. The Balaban J connectivity index is 0.000000242. The molecule has 8 rings (SSSR count). The number of nitrogens with zero attached hydrogens (tertiary/aromatic N) is 12. The van der Waals surface area contributed by atoms with Gasteiger partial charge in [0, 0.05) is 115 Å². The summed E-state index contributed by atoms with van der Waals surface area (Å²) in [6.45, 7) is 52.9. The molecule has 6 saturated heterocycles. The van der Waals surface area contributed by atoms with Crippen molar-refractivity contribution < 1.29 is 51.4 Å². The van der Waals surface area contributed by atoms with Crippen LogP contribution in [0.3, 0.4) is 0 Å². The number of carbonyl (C=O) groups is 1. The number of piperazine rings is 3. The summed E-state index contributed by atoms with van der Waals surface area (Å²) in [5.74, 6) is -0.275. The number of allylic oxidation sites excluding steroid dienone is 2. The molecule has 6 aliphatic heterocycles.